The zero-order valence-electron chi connectivity index (χ0n) is 13.7. The van der Waals surface area contributed by atoms with Crippen molar-refractivity contribution < 1.29 is 17.1 Å². The van der Waals surface area contributed by atoms with E-state index < -0.39 is 0 Å². The zero-order valence-corrected chi connectivity index (χ0v) is 14.7. The molecule has 2 fully saturated rings. The fourth-order valence-corrected chi connectivity index (χ4v) is 4.65. The van der Waals surface area contributed by atoms with Gasteiger partial charge < -0.3 is 11.5 Å². The van der Waals surface area contributed by atoms with Crippen LogP contribution in [-0.2, 0) is 17.1 Å². The summed E-state index contributed by atoms with van der Waals surface area (Å²) in [6.45, 7) is 0.697. The first-order valence-electron chi connectivity index (χ1n) is 9.26. The Morgan fingerprint density at radius 2 is 0.905 bits per heavy atom. The van der Waals surface area contributed by atoms with Crippen LogP contribution in [0.1, 0.15) is 89.9 Å². The van der Waals surface area contributed by atoms with Crippen LogP contribution in [-0.4, -0.2) is 12.1 Å². The Morgan fingerprint density at radius 1 is 0.619 bits per heavy atom. The molecule has 2 rings (SSSR count). The summed E-state index contributed by atoms with van der Waals surface area (Å²) in [5.74, 6) is 1.36. The predicted octanol–water partition coefficient (Wildman–Crippen LogP) is 4.36. The first-order chi connectivity index (χ1) is 9.77. The van der Waals surface area contributed by atoms with Crippen LogP contribution in [0.15, 0.2) is 0 Å². The van der Waals surface area contributed by atoms with Crippen LogP contribution in [0.2, 0.25) is 0 Å². The van der Waals surface area contributed by atoms with Crippen molar-refractivity contribution in [3.05, 3.63) is 0 Å². The van der Waals surface area contributed by atoms with Crippen molar-refractivity contribution >= 4 is 0 Å². The molecule has 4 N–H and O–H groups in total. The molecule has 21 heavy (non-hydrogen) atoms. The predicted molar refractivity (Wildman–Crippen MR) is 87.6 cm³/mol. The fraction of sp³-hybridized carbons (Fsp3) is 1.00. The summed E-state index contributed by atoms with van der Waals surface area (Å²) >= 11 is 0. The quantitative estimate of drug-likeness (QED) is 0.748. The Balaban J connectivity index is 0.00000220. The fourth-order valence-electron chi connectivity index (χ4n) is 4.65. The van der Waals surface area contributed by atoms with E-state index in [4.69, 9.17) is 11.5 Å². The van der Waals surface area contributed by atoms with Gasteiger partial charge in [0.2, 0.25) is 0 Å². The number of hydrogen-bond donors (Lipinski definition) is 2. The summed E-state index contributed by atoms with van der Waals surface area (Å²) in [7, 11) is 0. The number of nitrogens with two attached hydrogens (primary N) is 2. The molecular weight excluding hydrogens is 308 g/mol. The minimum Gasteiger partial charge on any atom is -0.329 e. The van der Waals surface area contributed by atoms with Gasteiger partial charge in [0.1, 0.15) is 0 Å². The molecule has 0 atom stereocenters. The molecule has 0 bridgehead atoms. The third kappa shape index (κ3) is 5.53. The molecule has 0 aromatic rings. The van der Waals surface area contributed by atoms with Crippen molar-refractivity contribution in [2.45, 2.75) is 95.4 Å². The van der Waals surface area contributed by atoms with Crippen LogP contribution < -0.4 is 11.5 Å². The number of rotatable bonds is 3. The Bertz CT molecular complexity index is 232. The molecule has 0 unspecified atom stereocenters. The van der Waals surface area contributed by atoms with Crippen LogP contribution in [0.3, 0.4) is 0 Å². The molecule has 0 aliphatic heterocycles. The standard InChI is InChI=1S/C18H36N2.Cu/c19-15-18(20,16-11-7-3-1-4-8-12-16)17-13-9-5-2-6-10-14-17;/h16-17H,1-15,19-20H2;. The van der Waals surface area contributed by atoms with Crippen LogP contribution in [0, 0.1) is 11.8 Å². The molecule has 2 aliphatic rings. The Hall–Kier alpha value is 0.439. The molecule has 2 nitrogen and oxygen atoms in total. The van der Waals surface area contributed by atoms with E-state index in [9.17, 15) is 0 Å². The molecular formula is C18H36CuN2. The normalized spacial score (nSPS) is 24.3. The minimum absolute atomic E-state index is 0. The molecule has 3 heteroatoms. The summed E-state index contributed by atoms with van der Waals surface area (Å²) in [5.41, 5.74) is 13.1. The van der Waals surface area contributed by atoms with Crippen LogP contribution in [0.25, 0.3) is 0 Å². The monoisotopic (exact) mass is 343 g/mol. The molecule has 1 radical (unpaired) electrons. The van der Waals surface area contributed by atoms with Crippen LogP contribution in [0.4, 0.5) is 0 Å². The SMILES string of the molecule is NCC(N)(C1CCCCCCC1)C1CCCCCCC1.[Cu]. The largest absolute Gasteiger partial charge is 0.329 e. The Kier molecular flexibility index (Phi) is 9.52. The van der Waals surface area contributed by atoms with Gasteiger partial charge in [-0.3, -0.25) is 0 Å². The minimum atomic E-state index is -0.0747. The van der Waals surface area contributed by atoms with Gasteiger partial charge in [-0.25, -0.2) is 0 Å². The molecule has 0 saturated heterocycles. The van der Waals surface area contributed by atoms with Crippen LogP contribution in [0.5, 0.6) is 0 Å². The third-order valence-electron chi connectivity index (χ3n) is 6.08. The average Bonchev–Trinajstić information content (AvgIpc) is 2.37. The molecule has 2 saturated carbocycles. The van der Waals surface area contributed by atoms with Gasteiger partial charge in [0.05, 0.1) is 0 Å². The van der Waals surface area contributed by atoms with E-state index in [2.05, 4.69) is 0 Å². The average molecular weight is 344 g/mol. The Labute approximate surface area is 142 Å². The van der Waals surface area contributed by atoms with Crippen molar-refractivity contribution in [3.63, 3.8) is 0 Å². The summed E-state index contributed by atoms with van der Waals surface area (Å²) in [4.78, 5) is 0. The summed E-state index contributed by atoms with van der Waals surface area (Å²) in [6.07, 6.45) is 19.3. The maximum atomic E-state index is 6.96. The topological polar surface area (TPSA) is 52.0 Å². The molecule has 0 heterocycles. The van der Waals surface area contributed by atoms with Crippen molar-refractivity contribution in [1.82, 2.24) is 0 Å². The van der Waals surface area contributed by atoms with Gasteiger partial charge in [0.25, 0.3) is 0 Å². The maximum absolute atomic E-state index is 6.96. The second-order valence-electron chi connectivity index (χ2n) is 7.40. The van der Waals surface area contributed by atoms with Crippen molar-refractivity contribution in [2.24, 2.45) is 23.3 Å². The van der Waals surface area contributed by atoms with Crippen molar-refractivity contribution in [2.75, 3.05) is 6.54 Å². The van der Waals surface area contributed by atoms with Gasteiger partial charge in [-0.05, 0) is 37.5 Å². The van der Waals surface area contributed by atoms with Gasteiger partial charge >= 0.3 is 0 Å². The molecule has 2 aliphatic carbocycles. The summed E-state index contributed by atoms with van der Waals surface area (Å²) in [6, 6.07) is 0. The van der Waals surface area contributed by atoms with Gasteiger partial charge in [-0.2, -0.15) is 0 Å². The van der Waals surface area contributed by atoms with Gasteiger partial charge in [0.15, 0.2) is 0 Å². The molecule has 0 aromatic carbocycles. The molecule has 0 amide bonds. The van der Waals surface area contributed by atoms with E-state index in [1.54, 1.807) is 0 Å². The second kappa shape index (κ2) is 10.3. The van der Waals surface area contributed by atoms with E-state index in [1.165, 1.54) is 89.9 Å². The third-order valence-corrected chi connectivity index (χ3v) is 6.08. The number of hydrogen-bond acceptors (Lipinski definition) is 2. The summed E-state index contributed by atoms with van der Waals surface area (Å²) in [5, 5.41) is 0. The van der Waals surface area contributed by atoms with Crippen molar-refractivity contribution in [1.29, 1.82) is 0 Å². The van der Waals surface area contributed by atoms with E-state index in [-0.39, 0.29) is 22.6 Å². The molecule has 0 aromatic heterocycles. The van der Waals surface area contributed by atoms with Crippen molar-refractivity contribution in [3.8, 4) is 0 Å². The van der Waals surface area contributed by atoms with Gasteiger partial charge in [-0.15, -0.1) is 0 Å². The van der Waals surface area contributed by atoms with E-state index in [0.717, 1.165) is 0 Å². The second-order valence-corrected chi connectivity index (χ2v) is 7.40. The van der Waals surface area contributed by atoms with Gasteiger partial charge in [0, 0.05) is 29.2 Å². The van der Waals surface area contributed by atoms with E-state index in [1.807, 2.05) is 0 Å². The summed E-state index contributed by atoms with van der Waals surface area (Å²) < 4.78 is 0. The Morgan fingerprint density at radius 3 is 1.19 bits per heavy atom. The van der Waals surface area contributed by atoms with E-state index in [0.29, 0.717) is 18.4 Å². The van der Waals surface area contributed by atoms with E-state index >= 15 is 0 Å². The first-order valence-corrected chi connectivity index (χ1v) is 9.26. The first kappa shape index (κ1) is 19.5. The molecule has 129 valence electrons. The zero-order chi connectivity index (χ0) is 14.3. The van der Waals surface area contributed by atoms with Gasteiger partial charge in [-0.1, -0.05) is 64.2 Å². The van der Waals surface area contributed by atoms with Crippen LogP contribution >= 0.6 is 0 Å². The molecule has 0 spiro atoms. The maximum Gasteiger partial charge on any atom is 0.0335 e. The smallest absolute Gasteiger partial charge is 0.0335 e.